The number of fused-ring (bicyclic) bond motifs is 1. The SMILES string of the molecule is Cc1ccc2c(CC(=O)Nc3ccc(C(=O)N4CCCC4)cc3)coc2c1C. The molecule has 28 heavy (non-hydrogen) atoms. The van der Waals surface area contributed by atoms with Gasteiger partial charge in [0.05, 0.1) is 12.7 Å². The Morgan fingerprint density at radius 3 is 2.46 bits per heavy atom. The number of furan rings is 1. The van der Waals surface area contributed by atoms with Crippen molar-refractivity contribution in [2.45, 2.75) is 33.1 Å². The van der Waals surface area contributed by atoms with Crippen LogP contribution in [-0.4, -0.2) is 29.8 Å². The van der Waals surface area contributed by atoms with Crippen LogP contribution in [0.1, 0.15) is 39.9 Å². The maximum absolute atomic E-state index is 12.5. The summed E-state index contributed by atoms with van der Waals surface area (Å²) < 4.78 is 5.68. The molecular weight excluding hydrogens is 352 g/mol. The first-order valence-electron chi connectivity index (χ1n) is 9.68. The third-order valence-corrected chi connectivity index (χ3v) is 5.50. The monoisotopic (exact) mass is 376 g/mol. The number of hydrogen-bond acceptors (Lipinski definition) is 3. The predicted octanol–water partition coefficient (Wildman–Crippen LogP) is 4.47. The number of benzene rings is 2. The van der Waals surface area contributed by atoms with E-state index in [0.717, 1.165) is 48.0 Å². The Hall–Kier alpha value is -3.08. The highest BCUT2D eigenvalue weighted by atomic mass is 16.3. The number of nitrogens with one attached hydrogen (secondary N) is 1. The molecule has 4 rings (SSSR count). The molecule has 5 heteroatoms. The Balaban J connectivity index is 1.43. The van der Waals surface area contributed by atoms with Gasteiger partial charge in [-0.1, -0.05) is 12.1 Å². The Morgan fingerprint density at radius 1 is 1.04 bits per heavy atom. The van der Waals surface area contributed by atoms with E-state index >= 15 is 0 Å². The number of nitrogens with zero attached hydrogens (tertiary/aromatic N) is 1. The van der Waals surface area contributed by atoms with Crippen LogP contribution in [0.4, 0.5) is 5.69 Å². The molecule has 1 aliphatic rings. The highest BCUT2D eigenvalue weighted by Gasteiger charge is 2.19. The van der Waals surface area contributed by atoms with Crippen molar-refractivity contribution in [3.8, 4) is 0 Å². The molecule has 0 bridgehead atoms. The zero-order valence-electron chi connectivity index (χ0n) is 16.2. The molecule has 0 saturated carbocycles. The summed E-state index contributed by atoms with van der Waals surface area (Å²) in [6.45, 7) is 5.72. The summed E-state index contributed by atoms with van der Waals surface area (Å²) in [5, 5.41) is 3.88. The Bertz CT molecular complexity index is 1030. The number of likely N-dealkylation sites (tertiary alicyclic amines) is 1. The molecule has 0 spiro atoms. The lowest BCUT2D eigenvalue weighted by Gasteiger charge is -2.15. The van der Waals surface area contributed by atoms with E-state index in [0.29, 0.717) is 11.3 Å². The molecule has 1 aromatic heterocycles. The number of carbonyl (C=O) groups is 2. The first-order chi connectivity index (χ1) is 13.5. The van der Waals surface area contributed by atoms with Crippen LogP contribution in [0.25, 0.3) is 11.0 Å². The minimum Gasteiger partial charge on any atom is -0.464 e. The highest BCUT2D eigenvalue weighted by molar-refractivity contribution is 5.97. The van der Waals surface area contributed by atoms with Gasteiger partial charge in [-0.05, 0) is 62.1 Å². The molecule has 3 aromatic rings. The number of amides is 2. The van der Waals surface area contributed by atoms with Crippen molar-refractivity contribution < 1.29 is 14.0 Å². The second-order valence-corrected chi connectivity index (χ2v) is 7.45. The number of hydrogen-bond donors (Lipinski definition) is 1. The van der Waals surface area contributed by atoms with Gasteiger partial charge in [-0.2, -0.15) is 0 Å². The van der Waals surface area contributed by atoms with E-state index in [9.17, 15) is 9.59 Å². The molecule has 144 valence electrons. The van der Waals surface area contributed by atoms with Crippen LogP contribution in [0.2, 0.25) is 0 Å². The van der Waals surface area contributed by atoms with Gasteiger partial charge in [0.2, 0.25) is 5.91 Å². The van der Waals surface area contributed by atoms with E-state index in [2.05, 4.69) is 5.32 Å². The number of aryl methyl sites for hydroxylation is 2. The van der Waals surface area contributed by atoms with Gasteiger partial charge < -0.3 is 14.6 Å². The van der Waals surface area contributed by atoms with Crippen molar-refractivity contribution >= 4 is 28.5 Å². The molecule has 0 aliphatic carbocycles. The second-order valence-electron chi connectivity index (χ2n) is 7.45. The summed E-state index contributed by atoms with van der Waals surface area (Å²) >= 11 is 0. The smallest absolute Gasteiger partial charge is 0.253 e. The van der Waals surface area contributed by atoms with Crippen LogP contribution in [0.3, 0.4) is 0 Å². The molecule has 1 N–H and O–H groups in total. The summed E-state index contributed by atoms with van der Waals surface area (Å²) in [5.41, 5.74) is 5.32. The van der Waals surface area contributed by atoms with Crippen LogP contribution in [0.15, 0.2) is 47.1 Å². The van der Waals surface area contributed by atoms with Crippen LogP contribution < -0.4 is 5.32 Å². The summed E-state index contributed by atoms with van der Waals surface area (Å²) in [7, 11) is 0. The van der Waals surface area contributed by atoms with Crippen molar-refractivity contribution in [2.75, 3.05) is 18.4 Å². The molecule has 5 nitrogen and oxygen atoms in total. The minimum absolute atomic E-state index is 0.0610. The number of carbonyl (C=O) groups excluding carboxylic acids is 2. The molecule has 2 aromatic carbocycles. The van der Waals surface area contributed by atoms with E-state index in [1.54, 1.807) is 30.5 Å². The van der Waals surface area contributed by atoms with Gasteiger partial charge in [-0.15, -0.1) is 0 Å². The van der Waals surface area contributed by atoms with Gasteiger partial charge in [0.1, 0.15) is 5.58 Å². The highest BCUT2D eigenvalue weighted by Crippen LogP contribution is 2.27. The Morgan fingerprint density at radius 2 is 1.75 bits per heavy atom. The normalized spacial score (nSPS) is 13.9. The molecule has 0 unspecified atom stereocenters. The molecule has 0 radical (unpaired) electrons. The molecule has 2 heterocycles. The molecule has 2 amide bonds. The fraction of sp³-hybridized carbons (Fsp3) is 0.304. The first-order valence-corrected chi connectivity index (χ1v) is 9.68. The number of anilines is 1. The summed E-state index contributed by atoms with van der Waals surface area (Å²) in [4.78, 5) is 26.7. The van der Waals surface area contributed by atoms with Crippen LogP contribution in [0, 0.1) is 13.8 Å². The fourth-order valence-corrected chi connectivity index (χ4v) is 3.70. The van der Waals surface area contributed by atoms with Crippen molar-refractivity contribution in [3.05, 3.63) is 64.9 Å². The molecule has 1 fully saturated rings. The first kappa shape index (κ1) is 18.3. The predicted molar refractivity (Wildman–Crippen MR) is 110 cm³/mol. The summed E-state index contributed by atoms with van der Waals surface area (Å²) in [6.07, 6.45) is 4.04. The van der Waals surface area contributed by atoms with Crippen molar-refractivity contribution in [3.63, 3.8) is 0 Å². The lowest BCUT2D eigenvalue weighted by atomic mass is 10.0. The van der Waals surface area contributed by atoms with Gasteiger partial charge in [0.25, 0.3) is 5.91 Å². The van der Waals surface area contributed by atoms with E-state index in [1.807, 2.05) is 30.9 Å². The van der Waals surface area contributed by atoms with E-state index in [1.165, 1.54) is 5.56 Å². The van der Waals surface area contributed by atoms with Gasteiger partial charge >= 0.3 is 0 Å². The topological polar surface area (TPSA) is 62.6 Å². The third kappa shape index (κ3) is 3.52. The maximum atomic E-state index is 12.5. The van der Waals surface area contributed by atoms with Crippen molar-refractivity contribution in [1.82, 2.24) is 4.90 Å². The lowest BCUT2D eigenvalue weighted by Crippen LogP contribution is -2.27. The van der Waals surface area contributed by atoms with Crippen LogP contribution >= 0.6 is 0 Å². The molecule has 1 aliphatic heterocycles. The Labute approximate surface area is 164 Å². The summed E-state index contributed by atoms with van der Waals surface area (Å²) in [6, 6.07) is 11.2. The standard InChI is InChI=1S/C23H24N2O3/c1-15-5-10-20-18(14-28-22(20)16(15)2)13-21(26)24-19-8-6-17(7-9-19)23(27)25-11-3-4-12-25/h5-10,14H,3-4,11-13H2,1-2H3,(H,24,26). The van der Waals surface area contributed by atoms with Crippen LogP contribution in [0.5, 0.6) is 0 Å². The minimum atomic E-state index is -0.112. The maximum Gasteiger partial charge on any atom is 0.253 e. The number of rotatable bonds is 4. The van der Waals surface area contributed by atoms with Crippen molar-refractivity contribution in [2.24, 2.45) is 0 Å². The average Bonchev–Trinajstić information content (AvgIpc) is 3.35. The zero-order valence-corrected chi connectivity index (χ0v) is 16.2. The van der Waals surface area contributed by atoms with Gasteiger partial charge in [-0.3, -0.25) is 9.59 Å². The van der Waals surface area contributed by atoms with Gasteiger partial charge in [0, 0.05) is 35.3 Å². The van der Waals surface area contributed by atoms with E-state index in [4.69, 9.17) is 4.42 Å². The third-order valence-electron chi connectivity index (χ3n) is 5.50. The lowest BCUT2D eigenvalue weighted by molar-refractivity contribution is -0.115. The molecular formula is C23H24N2O3. The van der Waals surface area contributed by atoms with Gasteiger partial charge in [-0.25, -0.2) is 0 Å². The molecule has 0 atom stereocenters. The average molecular weight is 376 g/mol. The van der Waals surface area contributed by atoms with E-state index < -0.39 is 0 Å². The fourth-order valence-electron chi connectivity index (χ4n) is 3.70. The Kier molecular flexibility index (Phi) is 4.90. The largest absolute Gasteiger partial charge is 0.464 e. The second kappa shape index (κ2) is 7.50. The van der Waals surface area contributed by atoms with Crippen molar-refractivity contribution in [1.29, 1.82) is 0 Å². The van der Waals surface area contributed by atoms with Gasteiger partial charge in [0.15, 0.2) is 0 Å². The zero-order chi connectivity index (χ0) is 19.7. The molecule has 1 saturated heterocycles. The van der Waals surface area contributed by atoms with Crippen LogP contribution in [-0.2, 0) is 11.2 Å². The summed E-state index contributed by atoms with van der Waals surface area (Å²) in [5.74, 6) is -0.0505. The quantitative estimate of drug-likeness (QED) is 0.731. The van der Waals surface area contributed by atoms with E-state index in [-0.39, 0.29) is 18.2 Å².